The number of aliphatic hydroxyl groups is 1. The van der Waals surface area contributed by atoms with Crippen LogP contribution < -0.4 is 4.74 Å². The topological polar surface area (TPSA) is 59.7 Å². The molecule has 5 heteroatoms. The molecule has 0 spiro atoms. The molecule has 0 bridgehead atoms. The molecule has 0 aliphatic rings. The molecule has 19 heavy (non-hydrogen) atoms. The lowest BCUT2D eigenvalue weighted by Gasteiger charge is -2.04. The summed E-state index contributed by atoms with van der Waals surface area (Å²) in [6.07, 6.45) is 1.63. The van der Waals surface area contributed by atoms with Gasteiger partial charge in [0.05, 0.1) is 31.3 Å². The largest absolute Gasteiger partial charge is 0.497 e. The molecule has 0 unspecified atom stereocenters. The van der Waals surface area contributed by atoms with Gasteiger partial charge in [-0.25, -0.2) is 9.50 Å². The van der Waals surface area contributed by atoms with E-state index in [4.69, 9.17) is 4.74 Å². The van der Waals surface area contributed by atoms with Gasteiger partial charge in [-0.15, -0.1) is 0 Å². The molecule has 96 valence electrons. The van der Waals surface area contributed by atoms with Gasteiger partial charge in [0.15, 0.2) is 5.65 Å². The molecular formula is C14H13N3O2. The van der Waals surface area contributed by atoms with E-state index in [0.29, 0.717) is 5.69 Å². The number of imidazole rings is 1. The van der Waals surface area contributed by atoms with Crippen molar-refractivity contribution in [3.05, 3.63) is 48.3 Å². The molecular weight excluding hydrogens is 242 g/mol. The fourth-order valence-electron chi connectivity index (χ4n) is 1.94. The molecule has 0 radical (unpaired) electrons. The Bertz CT molecular complexity index is 704. The quantitative estimate of drug-likeness (QED) is 0.776. The third-order valence-corrected chi connectivity index (χ3v) is 2.98. The van der Waals surface area contributed by atoms with Gasteiger partial charge in [-0.2, -0.15) is 5.10 Å². The van der Waals surface area contributed by atoms with Crippen molar-refractivity contribution in [2.45, 2.75) is 6.61 Å². The highest BCUT2D eigenvalue weighted by Gasteiger charge is 2.06. The van der Waals surface area contributed by atoms with Crippen LogP contribution in [0.5, 0.6) is 5.75 Å². The van der Waals surface area contributed by atoms with Crippen LogP contribution in [0.1, 0.15) is 5.69 Å². The van der Waals surface area contributed by atoms with Gasteiger partial charge in [-0.3, -0.25) is 0 Å². The van der Waals surface area contributed by atoms with Gasteiger partial charge in [0.1, 0.15) is 5.75 Å². The Kier molecular flexibility index (Phi) is 2.89. The Morgan fingerprint density at radius 2 is 1.95 bits per heavy atom. The maximum absolute atomic E-state index is 9.24. The van der Waals surface area contributed by atoms with Gasteiger partial charge in [0.25, 0.3) is 0 Å². The van der Waals surface area contributed by atoms with Crippen LogP contribution in [0.15, 0.2) is 42.6 Å². The number of rotatable bonds is 3. The minimum Gasteiger partial charge on any atom is -0.497 e. The first-order chi connectivity index (χ1) is 9.31. The van der Waals surface area contributed by atoms with Crippen LogP contribution in [0.2, 0.25) is 0 Å². The van der Waals surface area contributed by atoms with Crippen LogP contribution >= 0.6 is 0 Å². The molecule has 0 aliphatic heterocycles. The summed E-state index contributed by atoms with van der Waals surface area (Å²) in [6.45, 7) is -0.0831. The number of hydrogen-bond acceptors (Lipinski definition) is 4. The summed E-state index contributed by atoms with van der Waals surface area (Å²) in [4.78, 5) is 4.17. The zero-order valence-electron chi connectivity index (χ0n) is 10.4. The van der Waals surface area contributed by atoms with Gasteiger partial charge in [-0.05, 0) is 36.4 Å². The highest BCUT2D eigenvalue weighted by molar-refractivity contribution is 5.61. The van der Waals surface area contributed by atoms with Crippen LogP contribution in [0.25, 0.3) is 16.9 Å². The zero-order valence-corrected chi connectivity index (χ0v) is 10.4. The normalized spacial score (nSPS) is 10.8. The number of aliphatic hydroxyl groups excluding tert-OH is 1. The van der Waals surface area contributed by atoms with Crippen LogP contribution in [-0.2, 0) is 6.61 Å². The van der Waals surface area contributed by atoms with E-state index < -0.39 is 0 Å². The molecule has 2 heterocycles. The van der Waals surface area contributed by atoms with Crippen LogP contribution in [0.3, 0.4) is 0 Å². The second-order valence-corrected chi connectivity index (χ2v) is 4.12. The molecule has 0 saturated carbocycles. The molecule has 0 aliphatic carbocycles. The van der Waals surface area contributed by atoms with Crippen molar-refractivity contribution < 1.29 is 9.84 Å². The molecule has 0 amide bonds. The maximum Gasteiger partial charge on any atom is 0.153 e. The smallest absolute Gasteiger partial charge is 0.153 e. The van der Waals surface area contributed by atoms with Crippen LogP contribution in [-0.4, -0.2) is 26.8 Å². The summed E-state index contributed by atoms with van der Waals surface area (Å²) in [7, 11) is 1.64. The number of ether oxygens (including phenoxy) is 1. The molecule has 1 N–H and O–H groups in total. The zero-order chi connectivity index (χ0) is 13.2. The predicted octanol–water partition coefficient (Wildman–Crippen LogP) is 1.90. The van der Waals surface area contributed by atoms with E-state index in [1.54, 1.807) is 17.8 Å². The summed E-state index contributed by atoms with van der Waals surface area (Å²) in [5.74, 6) is 0.809. The Morgan fingerprint density at radius 1 is 1.16 bits per heavy atom. The fraction of sp³-hybridized carbons (Fsp3) is 0.143. The van der Waals surface area contributed by atoms with E-state index in [2.05, 4.69) is 10.1 Å². The van der Waals surface area contributed by atoms with E-state index in [-0.39, 0.29) is 6.61 Å². The molecule has 2 aromatic heterocycles. The number of aromatic nitrogens is 3. The molecule has 0 atom stereocenters. The number of hydrogen-bond donors (Lipinski definition) is 1. The molecule has 3 aromatic rings. The van der Waals surface area contributed by atoms with Crippen molar-refractivity contribution >= 4 is 5.65 Å². The molecule has 0 saturated heterocycles. The van der Waals surface area contributed by atoms with Crippen molar-refractivity contribution in [2.75, 3.05) is 7.11 Å². The lowest BCUT2D eigenvalue weighted by atomic mass is 10.1. The first kappa shape index (κ1) is 11.7. The van der Waals surface area contributed by atoms with Crippen molar-refractivity contribution in [3.63, 3.8) is 0 Å². The number of fused-ring (bicyclic) bond motifs is 1. The van der Waals surface area contributed by atoms with Crippen molar-refractivity contribution in [3.8, 4) is 17.0 Å². The molecule has 1 aromatic carbocycles. The van der Waals surface area contributed by atoms with Crippen LogP contribution in [0.4, 0.5) is 0 Å². The molecule has 0 fully saturated rings. The van der Waals surface area contributed by atoms with Gasteiger partial charge in [0, 0.05) is 5.56 Å². The summed E-state index contributed by atoms with van der Waals surface area (Å²) < 4.78 is 6.78. The van der Waals surface area contributed by atoms with E-state index in [9.17, 15) is 5.11 Å². The highest BCUT2D eigenvalue weighted by atomic mass is 16.5. The molecule has 3 rings (SSSR count). The monoisotopic (exact) mass is 255 g/mol. The number of nitrogens with zero attached hydrogens (tertiary/aromatic N) is 3. The van der Waals surface area contributed by atoms with E-state index in [0.717, 1.165) is 22.7 Å². The van der Waals surface area contributed by atoms with Crippen LogP contribution in [0, 0.1) is 0 Å². The second-order valence-electron chi connectivity index (χ2n) is 4.12. The van der Waals surface area contributed by atoms with Gasteiger partial charge in [0.2, 0.25) is 0 Å². The Balaban J connectivity index is 2.08. The third kappa shape index (κ3) is 2.04. The lowest BCUT2D eigenvalue weighted by molar-refractivity contribution is 0.274. The van der Waals surface area contributed by atoms with Crippen molar-refractivity contribution in [1.82, 2.24) is 14.6 Å². The van der Waals surface area contributed by atoms with E-state index in [1.165, 1.54) is 0 Å². The number of methoxy groups -OCH3 is 1. The Morgan fingerprint density at radius 3 is 2.63 bits per heavy atom. The minimum absolute atomic E-state index is 0.0831. The third-order valence-electron chi connectivity index (χ3n) is 2.98. The fourth-order valence-corrected chi connectivity index (χ4v) is 1.94. The summed E-state index contributed by atoms with van der Waals surface area (Å²) >= 11 is 0. The summed E-state index contributed by atoms with van der Waals surface area (Å²) in [5.41, 5.74) is 3.20. The first-order valence-electron chi connectivity index (χ1n) is 5.91. The molecule has 5 nitrogen and oxygen atoms in total. The summed E-state index contributed by atoms with van der Waals surface area (Å²) in [5, 5.41) is 13.7. The predicted molar refractivity (Wildman–Crippen MR) is 70.9 cm³/mol. The van der Waals surface area contributed by atoms with Crippen molar-refractivity contribution in [2.24, 2.45) is 0 Å². The average Bonchev–Trinajstić information content (AvgIpc) is 2.89. The van der Waals surface area contributed by atoms with Crippen molar-refractivity contribution in [1.29, 1.82) is 0 Å². The lowest BCUT2D eigenvalue weighted by Crippen LogP contribution is -1.99. The van der Waals surface area contributed by atoms with Gasteiger partial charge >= 0.3 is 0 Å². The van der Waals surface area contributed by atoms with Gasteiger partial charge < -0.3 is 9.84 Å². The average molecular weight is 255 g/mol. The van der Waals surface area contributed by atoms with E-state index >= 15 is 0 Å². The SMILES string of the molecule is COc1ccc(-c2ccc3ncc(CO)n3n2)cc1. The number of benzene rings is 1. The second kappa shape index (κ2) is 4.70. The standard InChI is InChI=1S/C14H13N3O2/c1-19-12-4-2-10(3-5-12)13-6-7-14-15-8-11(9-18)17(14)16-13/h2-8,18H,9H2,1H3. The highest BCUT2D eigenvalue weighted by Crippen LogP contribution is 2.21. The first-order valence-corrected chi connectivity index (χ1v) is 5.91. The van der Waals surface area contributed by atoms with Gasteiger partial charge in [-0.1, -0.05) is 0 Å². The Labute approximate surface area is 110 Å². The maximum atomic E-state index is 9.24. The Hall–Kier alpha value is -2.40. The van der Waals surface area contributed by atoms with E-state index in [1.807, 2.05) is 36.4 Å². The summed E-state index contributed by atoms with van der Waals surface area (Å²) in [6, 6.07) is 11.5. The minimum atomic E-state index is -0.0831.